The molecule has 0 radical (unpaired) electrons. The molecule has 1 fully saturated rings. The molecule has 0 aliphatic carbocycles. The second-order valence-corrected chi connectivity index (χ2v) is 3.05. The molecule has 4 nitrogen and oxygen atoms in total. The minimum absolute atomic E-state index is 0.0815. The number of rotatable bonds is 2. The fraction of sp³-hybridized carbons (Fsp3) is 0.750. The molecule has 5 heteroatoms. The molecule has 74 valence electrons. The van der Waals surface area contributed by atoms with Crippen LogP contribution in [0.2, 0.25) is 0 Å². The maximum Gasteiger partial charge on any atom is 0.244 e. The number of hydrogen-bond acceptors (Lipinski definition) is 2. The molecule has 1 rings (SSSR count). The molecular formula is C8H13FN2O2. The largest absolute Gasteiger partial charge is 0.345 e. The topological polar surface area (TPSA) is 49.4 Å². The predicted octanol–water partition coefficient (Wildman–Crippen LogP) is -0.307. The molecule has 0 aromatic rings. The highest BCUT2D eigenvalue weighted by molar-refractivity contribution is 5.89. The highest BCUT2D eigenvalue weighted by Crippen LogP contribution is 2.02. The molecular weight excluding hydrogens is 175 g/mol. The lowest BCUT2D eigenvalue weighted by molar-refractivity contribution is -0.133. The maximum absolute atomic E-state index is 12.0. The standard InChI is InChI=1S/C8H13FN2O2/c1-6-8(13)11(5-3-9)4-2-7(12)10-6/h6H,2-5H2,1H3,(H,10,12). The van der Waals surface area contributed by atoms with E-state index < -0.39 is 12.7 Å². The zero-order valence-electron chi connectivity index (χ0n) is 7.55. The minimum atomic E-state index is -0.563. The molecule has 1 N–H and O–H groups in total. The molecule has 1 atom stereocenters. The molecule has 0 saturated carbocycles. The van der Waals surface area contributed by atoms with Gasteiger partial charge in [-0.15, -0.1) is 0 Å². The van der Waals surface area contributed by atoms with Crippen LogP contribution < -0.4 is 5.32 Å². The Morgan fingerprint density at radius 1 is 1.62 bits per heavy atom. The smallest absolute Gasteiger partial charge is 0.244 e. The Balaban J connectivity index is 2.64. The molecule has 0 aromatic heterocycles. The first-order chi connectivity index (χ1) is 6.15. The lowest BCUT2D eigenvalue weighted by Gasteiger charge is -2.20. The minimum Gasteiger partial charge on any atom is -0.345 e. The number of carbonyl (C=O) groups excluding carboxylic acids is 2. The van der Waals surface area contributed by atoms with E-state index in [2.05, 4.69) is 5.32 Å². The van der Waals surface area contributed by atoms with Crippen LogP contribution in [0, 0.1) is 0 Å². The van der Waals surface area contributed by atoms with E-state index in [0.29, 0.717) is 6.54 Å². The summed E-state index contributed by atoms with van der Waals surface area (Å²) in [6.07, 6.45) is 0.260. The van der Waals surface area contributed by atoms with Crippen LogP contribution in [0.5, 0.6) is 0 Å². The third kappa shape index (κ3) is 2.40. The van der Waals surface area contributed by atoms with Gasteiger partial charge in [0.1, 0.15) is 12.7 Å². The van der Waals surface area contributed by atoms with E-state index in [9.17, 15) is 14.0 Å². The number of nitrogens with zero attached hydrogens (tertiary/aromatic N) is 1. The van der Waals surface area contributed by atoms with Crippen LogP contribution in [0.3, 0.4) is 0 Å². The van der Waals surface area contributed by atoms with Gasteiger partial charge in [-0.2, -0.15) is 0 Å². The number of halogens is 1. The van der Waals surface area contributed by atoms with Crippen molar-refractivity contribution >= 4 is 11.8 Å². The fourth-order valence-corrected chi connectivity index (χ4v) is 1.32. The molecule has 0 aromatic carbocycles. The van der Waals surface area contributed by atoms with Crippen LogP contribution in [-0.2, 0) is 9.59 Å². The molecule has 1 aliphatic rings. The van der Waals surface area contributed by atoms with Gasteiger partial charge >= 0.3 is 0 Å². The Hall–Kier alpha value is -1.13. The van der Waals surface area contributed by atoms with Crippen molar-refractivity contribution in [2.24, 2.45) is 0 Å². The van der Waals surface area contributed by atoms with Crippen molar-refractivity contribution in [3.05, 3.63) is 0 Å². The second kappa shape index (κ2) is 4.20. The van der Waals surface area contributed by atoms with Crippen molar-refractivity contribution in [2.75, 3.05) is 19.8 Å². The number of carbonyl (C=O) groups is 2. The van der Waals surface area contributed by atoms with Crippen molar-refractivity contribution in [2.45, 2.75) is 19.4 Å². The van der Waals surface area contributed by atoms with E-state index in [4.69, 9.17) is 0 Å². The fourth-order valence-electron chi connectivity index (χ4n) is 1.32. The average Bonchev–Trinajstić information content (AvgIpc) is 2.19. The maximum atomic E-state index is 12.0. The Kier molecular flexibility index (Phi) is 3.22. The van der Waals surface area contributed by atoms with Crippen LogP contribution in [-0.4, -0.2) is 42.5 Å². The summed E-state index contributed by atoms with van der Waals surface area (Å²) in [6.45, 7) is 1.44. The van der Waals surface area contributed by atoms with Crippen LogP contribution in [0.15, 0.2) is 0 Å². The highest BCUT2D eigenvalue weighted by atomic mass is 19.1. The van der Waals surface area contributed by atoms with Gasteiger partial charge in [0.15, 0.2) is 0 Å². The van der Waals surface area contributed by atoms with Crippen molar-refractivity contribution in [3.8, 4) is 0 Å². The van der Waals surface area contributed by atoms with E-state index in [0.717, 1.165) is 0 Å². The van der Waals surface area contributed by atoms with Gasteiger partial charge in [0.2, 0.25) is 11.8 Å². The predicted molar refractivity (Wildman–Crippen MR) is 44.8 cm³/mol. The van der Waals surface area contributed by atoms with Crippen LogP contribution >= 0.6 is 0 Å². The van der Waals surface area contributed by atoms with E-state index in [1.54, 1.807) is 6.92 Å². The summed E-state index contributed by atoms with van der Waals surface area (Å²) < 4.78 is 12.0. The molecule has 2 amide bonds. The average molecular weight is 188 g/mol. The molecule has 1 saturated heterocycles. The summed E-state index contributed by atoms with van der Waals surface area (Å²) in [5, 5.41) is 2.53. The first-order valence-corrected chi connectivity index (χ1v) is 4.29. The van der Waals surface area contributed by atoms with Gasteiger partial charge in [-0.25, -0.2) is 4.39 Å². The highest BCUT2D eigenvalue weighted by Gasteiger charge is 2.25. The molecule has 1 unspecified atom stereocenters. The van der Waals surface area contributed by atoms with Gasteiger partial charge in [0.25, 0.3) is 0 Å². The number of amides is 2. The van der Waals surface area contributed by atoms with Crippen molar-refractivity contribution in [3.63, 3.8) is 0 Å². The summed E-state index contributed by atoms with van der Waals surface area (Å²) in [6, 6.07) is -0.526. The van der Waals surface area contributed by atoms with Gasteiger partial charge < -0.3 is 10.2 Å². The van der Waals surface area contributed by atoms with Crippen LogP contribution in [0.1, 0.15) is 13.3 Å². The zero-order chi connectivity index (χ0) is 9.84. The van der Waals surface area contributed by atoms with Gasteiger partial charge in [0, 0.05) is 19.5 Å². The monoisotopic (exact) mass is 188 g/mol. The van der Waals surface area contributed by atoms with Gasteiger partial charge in [-0.1, -0.05) is 0 Å². The summed E-state index contributed by atoms with van der Waals surface area (Å²) in [5.74, 6) is -0.356. The first-order valence-electron chi connectivity index (χ1n) is 4.29. The number of nitrogens with one attached hydrogen (secondary N) is 1. The van der Waals surface area contributed by atoms with Crippen molar-refractivity contribution < 1.29 is 14.0 Å². The third-order valence-electron chi connectivity index (χ3n) is 2.02. The van der Waals surface area contributed by atoms with Crippen molar-refractivity contribution in [1.82, 2.24) is 10.2 Å². The lowest BCUT2D eigenvalue weighted by Crippen LogP contribution is -2.43. The molecule has 0 bridgehead atoms. The van der Waals surface area contributed by atoms with Gasteiger partial charge in [-0.3, -0.25) is 9.59 Å². The third-order valence-corrected chi connectivity index (χ3v) is 2.02. The number of hydrogen-bond donors (Lipinski definition) is 1. The Morgan fingerprint density at radius 3 is 2.92 bits per heavy atom. The molecule has 1 aliphatic heterocycles. The SMILES string of the molecule is CC1NC(=O)CCN(CCF)C1=O. The van der Waals surface area contributed by atoms with Crippen LogP contribution in [0.4, 0.5) is 4.39 Å². The Morgan fingerprint density at radius 2 is 2.31 bits per heavy atom. The molecule has 1 heterocycles. The van der Waals surface area contributed by atoms with E-state index in [1.807, 2.05) is 0 Å². The van der Waals surface area contributed by atoms with Gasteiger partial charge in [0.05, 0.1) is 0 Å². The summed E-state index contributed by atoms with van der Waals surface area (Å²) >= 11 is 0. The van der Waals surface area contributed by atoms with E-state index >= 15 is 0 Å². The molecule has 0 spiro atoms. The van der Waals surface area contributed by atoms with E-state index in [-0.39, 0.29) is 24.8 Å². The number of alkyl halides is 1. The van der Waals surface area contributed by atoms with Crippen molar-refractivity contribution in [1.29, 1.82) is 0 Å². The Labute approximate surface area is 76.1 Å². The van der Waals surface area contributed by atoms with E-state index in [1.165, 1.54) is 4.90 Å². The molecule has 13 heavy (non-hydrogen) atoms. The zero-order valence-corrected chi connectivity index (χ0v) is 7.55. The lowest BCUT2D eigenvalue weighted by atomic mass is 10.3. The van der Waals surface area contributed by atoms with Crippen LogP contribution in [0.25, 0.3) is 0 Å². The second-order valence-electron chi connectivity index (χ2n) is 3.05. The quantitative estimate of drug-likeness (QED) is 0.646. The normalized spacial score (nSPS) is 24.2. The van der Waals surface area contributed by atoms with Gasteiger partial charge in [-0.05, 0) is 6.92 Å². The summed E-state index contributed by atoms with van der Waals surface area (Å²) in [4.78, 5) is 23.8. The summed E-state index contributed by atoms with van der Waals surface area (Å²) in [5.41, 5.74) is 0. The first kappa shape index (κ1) is 9.95. The summed E-state index contributed by atoms with van der Waals surface area (Å²) in [7, 11) is 0. The Bertz CT molecular complexity index is 220.